The van der Waals surface area contributed by atoms with Gasteiger partial charge >= 0.3 is 11.7 Å². The van der Waals surface area contributed by atoms with Crippen molar-refractivity contribution in [2.75, 3.05) is 0 Å². The molecule has 0 fully saturated rings. The molecule has 0 saturated carbocycles. The van der Waals surface area contributed by atoms with Gasteiger partial charge in [-0.15, -0.1) is 0 Å². The van der Waals surface area contributed by atoms with Gasteiger partial charge in [0.15, 0.2) is 0 Å². The van der Waals surface area contributed by atoms with E-state index in [0.29, 0.717) is 0 Å². The van der Waals surface area contributed by atoms with Crippen LogP contribution in [-0.4, -0.2) is 21.4 Å². The molecule has 0 atom stereocenters. The van der Waals surface area contributed by atoms with Gasteiger partial charge in [0.1, 0.15) is 0 Å². The van der Waals surface area contributed by atoms with E-state index in [-0.39, 0.29) is 5.56 Å². The molecule has 0 bridgehead atoms. The minimum Gasteiger partial charge on any atom is -0.350 e. The van der Waals surface area contributed by atoms with Crippen molar-refractivity contribution < 1.29 is 4.79 Å². The maximum Gasteiger partial charge on any atom is 0.332 e. The summed E-state index contributed by atoms with van der Waals surface area (Å²) in [5.41, 5.74) is 5.95. The van der Waals surface area contributed by atoms with Crippen molar-refractivity contribution >= 4 is 12.2 Å². The lowest BCUT2D eigenvalue weighted by atomic mass is 10.3. The van der Waals surface area contributed by atoms with Crippen LogP contribution in [0.2, 0.25) is 0 Å². The first-order valence-corrected chi connectivity index (χ1v) is 4.28. The van der Waals surface area contributed by atoms with Gasteiger partial charge in [0.05, 0.1) is 11.8 Å². The first-order valence-electron chi connectivity index (χ1n) is 4.28. The fourth-order valence-electron chi connectivity index (χ4n) is 1.09. The lowest BCUT2D eigenvalue weighted by molar-refractivity contribution is 0.249. The van der Waals surface area contributed by atoms with Crippen molar-refractivity contribution in [1.82, 2.24) is 14.6 Å². The molecule has 8 nitrogen and oxygen atoms in total. The number of nitrogens with two attached hydrogens (primary N) is 1. The highest BCUT2D eigenvalue weighted by atomic mass is 16.2. The molecular weight excluding hydrogens is 214 g/mol. The average Bonchev–Trinajstić information content (AvgIpc) is 2.22. The second-order valence-electron chi connectivity index (χ2n) is 3.08. The number of carbonyl (C=O) groups excluding carboxylic acids is 1. The fourth-order valence-corrected chi connectivity index (χ4v) is 1.09. The predicted octanol–water partition coefficient (Wildman–Crippen LogP) is -1.91. The molecule has 0 aliphatic heterocycles. The summed E-state index contributed by atoms with van der Waals surface area (Å²) in [6, 6.07) is -0.835. The number of hydrogen-bond acceptors (Lipinski definition) is 4. The molecule has 0 saturated heterocycles. The highest BCUT2D eigenvalue weighted by Crippen LogP contribution is 1.81. The number of nitrogens with zero attached hydrogens (tertiary/aromatic N) is 3. The number of amides is 2. The van der Waals surface area contributed by atoms with E-state index in [0.717, 1.165) is 10.8 Å². The van der Waals surface area contributed by atoms with E-state index in [1.54, 1.807) is 0 Å². The molecule has 1 aromatic rings. The molecule has 0 spiro atoms. The molecule has 0 aliphatic carbocycles. The standard InChI is InChI=1S/C8H11N5O3/c1-12-4-5(3-10-11-7(9)15)6(14)13(2)8(12)16/h3-4H,1-2H3,(H3,9,11,15)/b10-3+. The second kappa shape index (κ2) is 4.43. The molecule has 1 heterocycles. The van der Waals surface area contributed by atoms with Crippen molar-refractivity contribution in [1.29, 1.82) is 0 Å². The summed E-state index contributed by atoms with van der Waals surface area (Å²) in [7, 11) is 2.85. The molecule has 2 amide bonds. The summed E-state index contributed by atoms with van der Waals surface area (Å²) in [5, 5.41) is 3.44. The number of aromatic nitrogens is 2. The average molecular weight is 225 g/mol. The lowest BCUT2D eigenvalue weighted by Crippen LogP contribution is -2.38. The van der Waals surface area contributed by atoms with Gasteiger partial charge in [0.2, 0.25) is 0 Å². The number of aryl methyl sites for hydroxylation is 1. The van der Waals surface area contributed by atoms with Gasteiger partial charge < -0.3 is 10.3 Å². The number of primary amides is 1. The first kappa shape index (κ1) is 11.7. The number of urea groups is 1. The monoisotopic (exact) mass is 225 g/mol. The zero-order valence-electron chi connectivity index (χ0n) is 8.80. The van der Waals surface area contributed by atoms with Crippen LogP contribution in [0.3, 0.4) is 0 Å². The van der Waals surface area contributed by atoms with E-state index >= 15 is 0 Å². The van der Waals surface area contributed by atoms with E-state index < -0.39 is 17.3 Å². The third-order valence-electron chi connectivity index (χ3n) is 1.85. The van der Waals surface area contributed by atoms with Crippen molar-refractivity contribution in [3.63, 3.8) is 0 Å². The summed E-state index contributed by atoms with van der Waals surface area (Å²) >= 11 is 0. The van der Waals surface area contributed by atoms with E-state index in [2.05, 4.69) is 5.10 Å². The number of rotatable bonds is 2. The lowest BCUT2D eigenvalue weighted by Gasteiger charge is -2.02. The molecule has 3 N–H and O–H groups in total. The Morgan fingerprint density at radius 3 is 2.69 bits per heavy atom. The Morgan fingerprint density at radius 1 is 1.50 bits per heavy atom. The Labute approximate surface area is 90.0 Å². The van der Waals surface area contributed by atoms with Gasteiger partial charge in [-0.25, -0.2) is 15.0 Å². The molecule has 86 valence electrons. The summed E-state index contributed by atoms with van der Waals surface area (Å²) in [6.07, 6.45) is 2.43. The third kappa shape index (κ3) is 2.35. The van der Waals surface area contributed by atoms with Crippen LogP contribution in [0, 0.1) is 0 Å². The van der Waals surface area contributed by atoms with E-state index in [1.165, 1.54) is 24.9 Å². The maximum absolute atomic E-state index is 11.5. The van der Waals surface area contributed by atoms with Gasteiger partial charge in [-0.2, -0.15) is 5.10 Å². The van der Waals surface area contributed by atoms with Crippen molar-refractivity contribution in [2.45, 2.75) is 0 Å². The molecule has 0 radical (unpaired) electrons. The number of hydrazone groups is 1. The van der Waals surface area contributed by atoms with Gasteiger partial charge in [0.25, 0.3) is 5.56 Å². The largest absolute Gasteiger partial charge is 0.350 e. The molecule has 16 heavy (non-hydrogen) atoms. The smallest absolute Gasteiger partial charge is 0.332 e. The van der Waals surface area contributed by atoms with Crippen molar-refractivity contribution in [3.8, 4) is 0 Å². The summed E-state index contributed by atoms with van der Waals surface area (Å²) < 4.78 is 2.17. The van der Waals surface area contributed by atoms with Crippen molar-refractivity contribution in [2.24, 2.45) is 24.9 Å². The predicted molar refractivity (Wildman–Crippen MR) is 57.2 cm³/mol. The van der Waals surface area contributed by atoms with Gasteiger partial charge in [-0.3, -0.25) is 9.36 Å². The van der Waals surface area contributed by atoms with Gasteiger partial charge in [0, 0.05) is 20.3 Å². The summed E-state index contributed by atoms with van der Waals surface area (Å²) in [5.74, 6) is 0. The van der Waals surface area contributed by atoms with Crippen LogP contribution in [0.4, 0.5) is 4.79 Å². The summed E-state index contributed by atoms with van der Waals surface area (Å²) in [6.45, 7) is 0. The van der Waals surface area contributed by atoms with E-state index in [1.807, 2.05) is 5.43 Å². The topological polar surface area (TPSA) is 111 Å². The van der Waals surface area contributed by atoms with Gasteiger partial charge in [-0.05, 0) is 0 Å². The van der Waals surface area contributed by atoms with Crippen LogP contribution in [0.1, 0.15) is 5.56 Å². The normalized spacial score (nSPS) is 10.6. The maximum atomic E-state index is 11.5. The molecule has 1 aromatic heterocycles. The van der Waals surface area contributed by atoms with Crippen molar-refractivity contribution in [3.05, 3.63) is 32.6 Å². The zero-order chi connectivity index (χ0) is 12.3. The number of nitrogens with one attached hydrogen (secondary N) is 1. The Kier molecular flexibility index (Phi) is 3.24. The molecule has 1 rings (SSSR count). The van der Waals surface area contributed by atoms with Crippen LogP contribution < -0.4 is 22.4 Å². The van der Waals surface area contributed by atoms with Crippen LogP contribution in [0.25, 0.3) is 0 Å². The summed E-state index contributed by atoms with van der Waals surface area (Å²) in [4.78, 5) is 33.2. The third-order valence-corrected chi connectivity index (χ3v) is 1.85. The molecule has 0 aromatic carbocycles. The highest BCUT2D eigenvalue weighted by Gasteiger charge is 2.04. The SMILES string of the molecule is Cn1cc(/C=N/NC(N)=O)c(=O)n(C)c1=O. The van der Waals surface area contributed by atoms with E-state index in [9.17, 15) is 14.4 Å². The first-order chi connectivity index (χ1) is 7.43. The zero-order valence-corrected chi connectivity index (χ0v) is 8.80. The number of hydrogen-bond donors (Lipinski definition) is 2. The van der Waals surface area contributed by atoms with Gasteiger partial charge in [-0.1, -0.05) is 0 Å². The minimum absolute atomic E-state index is 0.165. The molecule has 0 unspecified atom stereocenters. The minimum atomic E-state index is -0.835. The molecular formula is C8H11N5O3. The number of carbonyl (C=O) groups is 1. The Bertz CT molecular complexity index is 554. The quantitative estimate of drug-likeness (QED) is 0.452. The Morgan fingerprint density at radius 2 is 2.12 bits per heavy atom. The van der Waals surface area contributed by atoms with Crippen LogP contribution in [0.5, 0.6) is 0 Å². The fraction of sp³-hybridized carbons (Fsp3) is 0.250. The molecule has 8 heteroatoms. The highest BCUT2D eigenvalue weighted by molar-refractivity contribution is 5.80. The van der Waals surface area contributed by atoms with Crippen LogP contribution in [0.15, 0.2) is 20.9 Å². The van der Waals surface area contributed by atoms with E-state index in [4.69, 9.17) is 5.73 Å². The Hall–Kier alpha value is -2.38. The van der Waals surface area contributed by atoms with Crippen LogP contribution in [-0.2, 0) is 14.1 Å². The second-order valence-corrected chi connectivity index (χ2v) is 3.08. The molecule has 0 aliphatic rings. The Balaban J connectivity index is 3.17. The van der Waals surface area contributed by atoms with Crippen LogP contribution >= 0.6 is 0 Å².